The first-order chi connectivity index (χ1) is 10.1. The summed E-state index contributed by atoms with van der Waals surface area (Å²) in [6.45, 7) is 8.52. The molecular weight excluding hydrogens is 260 g/mol. The normalized spacial score (nSPS) is 12.2. The molecule has 2 rings (SSSR count). The van der Waals surface area contributed by atoms with E-state index in [9.17, 15) is 0 Å². The summed E-state index contributed by atoms with van der Waals surface area (Å²) in [6, 6.07) is 12.8. The third-order valence-electron chi connectivity index (χ3n) is 3.20. The smallest absolute Gasteiger partial charge is 0.163 e. The molecule has 0 aliphatic heterocycles. The van der Waals surface area contributed by atoms with Crippen molar-refractivity contribution in [2.45, 2.75) is 46.2 Å². The summed E-state index contributed by atoms with van der Waals surface area (Å²) in [5.74, 6) is 2.46. The Kier molecular flexibility index (Phi) is 5.14. The van der Waals surface area contributed by atoms with Gasteiger partial charge in [-0.05, 0) is 27.2 Å². The van der Waals surface area contributed by atoms with Crippen LogP contribution in [0.25, 0.3) is 11.4 Å². The molecule has 4 heteroatoms. The molecule has 2 N–H and O–H groups in total. The molecular formula is C17H24N4. The first kappa shape index (κ1) is 15.3. The summed E-state index contributed by atoms with van der Waals surface area (Å²) in [7, 11) is 0. The van der Waals surface area contributed by atoms with Crippen LogP contribution >= 0.6 is 0 Å². The lowest BCUT2D eigenvalue weighted by Crippen LogP contribution is -2.17. The highest BCUT2D eigenvalue weighted by Crippen LogP contribution is 2.21. The molecule has 0 fully saturated rings. The first-order valence-corrected chi connectivity index (χ1v) is 7.56. The zero-order valence-electron chi connectivity index (χ0n) is 13.2. The van der Waals surface area contributed by atoms with Crippen molar-refractivity contribution in [2.24, 2.45) is 0 Å². The number of hydrogen-bond donors (Lipinski definition) is 2. The van der Waals surface area contributed by atoms with Gasteiger partial charge in [0.15, 0.2) is 5.82 Å². The second kappa shape index (κ2) is 7.07. The van der Waals surface area contributed by atoms with E-state index in [-0.39, 0.29) is 0 Å². The van der Waals surface area contributed by atoms with E-state index in [1.807, 2.05) is 36.4 Å². The quantitative estimate of drug-likeness (QED) is 0.835. The fourth-order valence-electron chi connectivity index (χ4n) is 1.96. The largest absolute Gasteiger partial charge is 0.368 e. The number of hydrogen-bond acceptors (Lipinski definition) is 4. The molecule has 0 aliphatic rings. The van der Waals surface area contributed by atoms with Crippen LogP contribution in [-0.4, -0.2) is 22.1 Å². The topological polar surface area (TPSA) is 49.8 Å². The van der Waals surface area contributed by atoms with Gasteiger partial charge in [-0.2, -0.15) is 0 Å². The van der Waals surface area contributed by atoms with Crippen LogP contribution in [0.15, 0.2) is 36.4 Å². The first-order valence-electron chi connectivity index (χ1n) is 7.56. The maximum absolute atomic E-state index is 4.64. The van der Waals surface area contributed by atoms with Gasteiger partial charge in [0.2, 0.25) is 0 Å². The molecule has 4 nitrogen and oxygen atoms in total. The molecule has 0 amide bonds. The van der Waals surface area contributed by atoms with Crippen molar-refractivity contribution in [1.29, 1.82) is 0 Å². The Hall–Kier alpha value is -2.10. The van der Waals surface area contributed by atoms with Crippen molar-refractivity contribution < 1.29 is 0 Å². The van der Waals surface area contributed by atoms with Crippen molar-refractivity contribution in [3.05, 3.63) is 36.4 Å². The Bertz CT molecular complexity index is 566. The summed E-state index contributed by atoms with van der Waals surface area (Å²) in [6.07, 6.45) is 1.05. The molecule has 21 heavy (non-hydrogen) atoms. The predicted molar refractivity (Wildman–Crippen MR) is 89.6 cm³/mol. The number of rotatable bonds is 6. The molecule has 1 aromatic carbocycles. The lowest BCUT2D eigenvalue weighted by molar-refractivity contribution is 0.758. The Morgan fingerprint density at radius 1 is 0.952 bits per heavy atom. The van der Waals surface area contributed by atoms with Gasteiger partial charge in [-0.25, -0.2) is 9.97 Å². The van der Waals surface area contributed by atoms with Gasteiger partial charge in [0.1, 0.15) is 11.6 Å². The lowest BCUT2D eigenvalue weighted by Gasteiger charge is -2.16. The standard InChI is InChI=1S/C17H24N4/c1-5-13(4)19-16-11-15(18-12(2)3)20-17(21-16)14-9-7-6-8-10-14/h6-13H,5H2,1-4H3,(H2,18,19,20,21). The van der Waals surface area contributed by atoms with E-state index >= 15 is 0 Å². The molecule has 1 atom stereocenters. The molecule has 0 spiro atoms. The number of nitrogens with one attached hydrogen (secondary N) is 2. The van der Waals surface area contributed by atoms with E-state index in [0.29, 0.717) is 12.1 Å². The van der Waals surface area contributed by atoms with Crippen molar-refractivity contribution in [1.82, 2.24) is 9.97 Å². The van der Waals surface area contributed by atoms with E-state index < -0.39 is 0 Å². The van der Waals surface area contributed by atoms with Crippen LogP contribution in [-0.2, 0) is 0 Å². The minimum atomic E-state index is 0.333. The van der Waals surface area contributed by atoms with Crippen LogP contribution in [0.1, 0.15) is 34.1 Å². The number of nitrogens with zero attached hydrogens (tertiary/aromatic N) is 2. The molecule has 0 bridgehead atoms. The summed E-state index contributed by atoms with van der Waals surface area (Å²) in [5, 5.41) is 6.78. The van der Waals surface area contributed by atoms with Crippen molar-refractivity contribution in [3.63, 3.8) is 0 Å². The zero-order chi connectivity index (χ0) is 15.2. The zero-order valence-corrected chi connectivity index (χ0v) is 13.2. The predicted octanol–water partition coefficient (Wildman–Crippen LogP) is 4.17. The summed E-state index contributed by atoms with van der Waals surface area (Å²) >= 11 is 0. The van der Waals surface area contributed by atoms with Crippen molar-refractivity contribution >= 4 is 11.6 Å². The second-order valence-electron chi connectivity index (χ2n) is 5.58. The van der Waals surface area contributed by atoms with Gasteiger partial charge in [0.05, 0.1) is 0 Å². The van der Waals surface area contributed by atoms with Crippen LogP contribution in [0.2, 0.25) is 0 Å². The average molecular weight is 284 g/mol. The van der Waals surface area contributed by atoms with E-state index in [4.69, 9.17) is 0 Å². The third-order valence-corrected chi connectivity index (χ3v) is 3.20. The number of benzene rings is 1. The molecule has 112 valence electrons. The Labute approximate surface area is 127 Å². The molecule has 1 heterocycles. The van der Waals surface area contributed by atoms with E-state index in [1.165, 1.54) is 0 Å². The lowest BCUT2D eigenvalue weighted by atomic mass is 10.2. The Morgan fingerprint density at radius 3 is 2.14 bits per heavy atom. The molecule has 2 aromatic rings. The van der Waals surface area contributed by atoms with Gasteiger partial charge in [-0.15, -0.1) is 0 Å². The highest BCUT2D eigenvalue weighted by Gasteiger charge is 2.09. The van der Waals surface area contributed by atoms with Gasteiger partial charge in [-0.3, -0.25) is 0 Å². The average Bonchev–Trinajstić information content (AvgIpc) is 2.47. The third kappa shape index (κ3) is 4.45. The fraction of sp³-hybridized carbons (Fsp3) is 0.412. The fourth-order valence-corrected chi connectivity index (χ4v) is 1.96. The highest BCUT2D eigenvalue weighted by atomic mass is 15.1. The molecule has 1 unspecified atom stereocenters. The van der Waals surface area contributed by atoms with Gasteiger partial charge in [-0.1, -0.05) is 37.3 Å². The van der Waals surface area contributed by atoms with Gasteiger partial charge >= 0.3 is 0 Å². The monoisotopic (exact) mass is 284 g/mol. The summed E-state index contributed by atoms with van der Waals surface area (Å²) in [4.78, 5) is 9.25. The van der Waals surface area contributed by atoms with Crippen LogP contribution in [0.4, 0.5) is 11.6 Å². The van der Waals surface area contributed by atoms with Crippen LogP contribution < -0.4 is 10.6 Å². The van der Waals surface area contributed by atoms with E-state index in [1.54, 1.807) is 0 Å². The van der Waals surface area contributed by atoms with Crippen molar-refractivity contribution in [3.8, 4) is 11.4 Å². The Morgan fingerprint density at radius 2 is 1.57 bits per heavy atom. The Balaban J connectivity index is 2.37. The number of anilines is 2. The van der Waals surface area contributed by atoms with E-state index in [2.05, 4.69) is 48.3 Å². The number of aromatic nitrogens is 2. The van der Waals surface area contributed by atoms with Crippen LogP contribution in [0.3, 0.4) is 0 Å². The van der Waals surface area contributed by atoms with Crippen molar-refractivity contribution in [2.75, 3.05) is 10.6 Å². The molecule has 0 saturated heterocycles. The molecule has 0 saturated carbocycles. The minimum absolute atomic E-state index is 0.333. The highest BCUT2D eigenvalue weighted by molar-refractivity contribution is 5.61. The van der Waals surface area contributed by atoms with Crippen LogP contribution in [0, 0.1) is 0 Å². The SMILES string of the molecule is CCC(C)Nc1cc(NC(C)C)nc(-c2ccccc2)n1. The maximum Gasteiger partial charge on any atom is 0.163 e. The van der Waals surface area contributed by atoms with Gasteiger partial charge in [0, 0.05) is 23.7 Å². The maximum atomic E-state index is 4.64. The van der Waals surface area contributed by atoms with Gasteiger partial charge < -0.3 is 10.6 Å². The van der Waals surface area contributed by atoms with Gasteiger partial charge in [0.25, 0.3) is 0 Å². The molecule has 1 aromatic heterocycles. The minimum Gasteiger partial charge on any atom is -0.368 e. The second-order valence-corrected chi connectivity index (χ2v) is 5.58. The summed E-state index contributed by atoms with van der Waals surface area (Å²) < 4.78 is 0. The summed E-state index contributed by atoms with van der Waals surface area (Å²) in [5.41, 5.74) is 1.03. The van der Waals surface area contributed by atoms with Crippen LogP contribution in [0.5, 0.6) is 0 Å². The molecule has 0 aliphatic carbocycles. The van der Waals surface area contributed by atoms with E-state index in [0.717, 1.165) is 29.4 Å². The molecule has 0 radical (unpaired) electrons.